The Kier molecular flexibility index (Phi) is 7.66. The quantitative estimate of drug-likeness (QED) is 0.233. The number of hydrogen-bond donors (Lipinski definition) is 1. The van der Waals surface area contributed by atoms with Gasteiger partial charge in [0.05, 0.1) is 4.91 Å². The monoisotopic (exact) mass is 575 g/mol. The van der Waals surface area contributed by atoms with Gasteiger partial charge in [-0.15, -0.1) is 0 Å². The number of aromatic nitrogens is 1. The normalized spacial score (nSPS) is 22.6. The molecule has 3 aromatic carbocycles. The molecule has 7 heteroatoms. The molecule has 1 aliphatic carbocycles. The summed E-state index contributed by atoms with van der Waals surface area (Å²) in [4.78, 5) is 16.9. The van der Waals surface area contributed by atoms with E-state index >= 15 is 0 Å². The molecule has 4 aromatic rings. The number of amides is 1. The van der Waals surface area contributed by atoms with Crippen molar-refractivity contribution < 1.29 is 4.79 Å². The van der Waals surface area contributed by atoms with E-state index in [4.69, 9.17) is 23.2 Å². The summed E-state index contributed by atoms with van der Waals surface area (Å²) in [5, 5.41) is 6.02. The van der Waals surface area contributed by atoms with Gasteiger partial charge in [-0.25, -0.2) is 0 Å². The lowest BCUT2D eigenvalue weighted by molar-refractivity contribution is -0.129. The Hall–Kier alpha value is -2.86. The van der Waals surface area contributed by atoms with Crippen molar-refractivity contribution in [3.05, 3.63) is 105 Å². The molecule has 4 nitrogen and oxygen atoms in total. The topological polar surface area (TPSA) is 37.3 Å². The second-order valence-corrected chi connectivity index (χ2v) is 12.5. The van der Waals surface area contributed by atoms with E-state index in [1.54, 1.807) is 17.8 Å². The van der Waals surface area contributed by atoms with Gasteiger partial charge in [-0.1, -0.05) is 97.2 Å². The Balaban J connectivity index is 1.36. The maximum Gasteiger partial charge on any atom is 0.262 e. The van der Waals surface area contributed by atoms with Crippen LogP contribution in [0.1, 0.15) is 43.7 Å². The van der Waals surface area contributed by atoms with Crippen LogP contribution >= 0.6 is 35.0 Å². The van der Waals surface area contributed by atoms with E-state index in [1.165, 1.54) is 12.8 Å². The maximum atomic E-state index is 14.0. The summed E-state index contributed by atoms with van der Waals surface area (Å²) < 4.78 is 2.20. The van der Waals surface area contributed by atoms with Crippen molar-refractivity contribution in [3.8, 4) is 0 Å². The average Bonchev–Trinajstić information content (AvgIpc) is 3.43. The zero-order valence-corrected chi connectivity index (χ0v) is 24.1. The Bertz CT molecular complexity index is 1530. The van der Waals surface area contributed by atoms with Crippen LogP contribution in [0.2, 0.25) is 10.0 Å². The van der Waals surface area contributed by atoms with Crippen LogP contribution in [0.15, 0.2) is 83.9 Å². The largest absolute Gasteiger partial charge is 0.356 e. The number of nitrogens with zero attached hydrogens (tertiary/aromatic N) is 2. The summed E-state index contributed by atoms with van der Waals surface area (Å²) in [7, 11) is 0. The smallest absolute Gasteiger partial charge is 0.262 e. The van der Waals surface area contributed by atoms with Gasteiger partial charge < -0.3 is 14.8 Å². The fourth-order valence-corrected chi connectivity index (χ4v) is 7.53. The minimum atomic E-state index is -0.141. The fraction of sp³-hybridized carbons (Fsp3) is 0.281. The Morgan fingerprint density at radius 2 is 1.77 bits per heavy atom. The molecular formula is C32H31Cl2N3OS. The molecule has 39 heavy (non-hydrogen) atoms. The van der Waals surface area contributed by atoms with Crippen LogP contribution in [0.5, 0.6) is 0 Å². The number of thioether (sulfide) groups is 1. The standard InChI is InChI=1S/C32H31Cl2N3OS/c1-21-9-5-7-13-28(21)37-31(38)30(39-32(37)35-25-10-3-2-4-11-25)17-23-20-36(29-14-8-6-12-26(23)29)19-22-15-16-24(33)18-27(22)34/h2-4,6,8,10-12,14-18,20-21,28,32,35H,5,7,9,13,19H2,1H3/b30-17-/t21-,28-,32?/m1/s1. The van der Waals surface area contributed by atoms with Crippen molar-refractivity contribution in [2.24, 2.45) is 5.92 Å². The summed E-state index contributed by atoms with van der Waals surface area (Å²) in [6.07, 6.45) is 8.82. The number of benzene rings is 3. The van der Waals surface area contributed by atoms with Gasteiger partial charge in [0.15, 0.2) is 5.50 Å². The molecule has 3 atom stereocenters. The van der Waals surface area contributed by atoms with E-state index in [0.29, 0.717) is 22.5 Å². The summed E-state index contributed by atoms with van der Waals surface area (Å²) >= 11 is 14.3. The molecule has 1 saturated heterocycles. The first-order chi connectivity index (χ1) is 19.0. The molecule has 200 valence electrons. The average molecular weight is 577 g/mol. The number of halogens is 2. The number of anilines is 1. The van der Waals surface area contributed by atoms with E-state index in [2.05, 4.69) is 58.2 Å². The van der Waals surface area contributed by atoms with Crippen molar-refractivity contribution in [1.82, 2.24) is 9.47 Å². The summed E-state index contributed by atoms with van der Waals surface area (Å²) in [6.45, 7) is 2.91. The Morgan fingerprint density at radius 3 is 2.56 bits per heavy atom. The third-order valence-corrected chi connectivity index (χ3v) is 9.59. The molecule has 2 aliphatic rings. The number of carbonyl (C=O) groups excluding carboxylic acids is 1. The number of fused-ring (bicyclic) bond motifs is 1. The zero-order chi connectivity index (χ0) is 26.9. The van der Waals surface area contributed by atoms with Gasteiger partial charge in [-0.3, -0.25) is 4.79 Å². The van der Waals surface area contributed by atoms with Crippen molar-refractivity contribution >= 4 is 63.5 Å². The Morgan fingerprint density at radius 1 is 1.00 bits per heavy atom. The molecule has 0 radical (unpaired) electrons. The molecule has 1 aliphatic heterocycles. The van der Waals surface area contributed by atoms with E-state index in [-0.39, 0.29) is 17.4 Å². The molecular weight excluding hydrogens is 545 g/mol. The number of rotatable bonds is 6. The van der Waals surface area contributed by atoms with Gasteiger partial charge in [0.25, 0.3) is 5.91 Å². The SMILES string of the molecule is C[C@@H]1CCCC[C@H]1N1C(=O)/C(=C/c2cn(Cc3ccc(Cl)cc3Cl)c3ccccc23)SC1Nc1ccccc1. The van der Waals surface area contributed by atoms with E-state index in [0.717, 1.165) is 45.5 Å². The first-order valence-electron chi connectivity index (χ1n) is 13.5. The fourth-order valence-electron chi connectivity index (χ4n) is 5.86. The molecule has 2 heterocycles. The van der Waals surface area contributed by atoms with Crippen molar-refractivity contribution in [1.29, 1.82) is 0 Å². The highest BCUT2D eigenvalue weighted by Crippen LogP contribution is 2.43. The lowest BCUT2D eigenvalue weighted by Gasteiger charge is -2.39. The molecule has 0 spiro atoms. The highest BCUT2D eigenvalue weighted by molar-refractivity contribution is 8.05. The number of hydrogen-bond acceptors (Lipinski definition) is 3. The molecule has 0 bridgehead atoms. The molecule has 6 rings (SSSR count). The predicted molar refractivity (Wildman–Crippen MR) is 165 cm³/mol. The van der Waals surface area contributed by atoms with Crippen LogP contribution < -0.4 is 5.32 Å². The van der Waals surface area contributed by atoms with E-state index in [1.807, 2.05) is 42.5 Å². The predicted octanol–water partition coefficient (Wildman–Crippen LogP) is 8.89. The molecule has 1 saturated carbocycles. The lowest BCUT2D eigenvalue weighted by Crippen LogP contribution is -2.48. The maximum absolute atomic E-state index is 14.0. The number of carbonyl (C=O) groups is 1. The molecule has 1 amide bonds. The first kappa shape index (κ1) is 26.4. The van der Waals surface area contributed by atoms with Gasteiger partial charge in [-0.2, -0.15) is 0 Å². The van der Waals surface area contributed by atoms with Gasteiger partial charge in [0.2, 0.25) is 0 Å². The van der Waals surface area contributed by atoms with Crippen molar-refractivity contribution in [2.75, 3.05) is 5.32 Å². The lowest BCUT2D eigenvalue weighted by atomic mass is 9.85. The first-order valence-corrected chi connectivity index (χ1v) is 15.2. The van der Waals surface area contributed by atoms with Crippen LogP contribution in [0, 0.1) is 5.92 Å². The molecule has 1 N–H and O–H groups in total. The van der Waals surface area contributed by atoms with Gasteiger partial charge in [0.1, 0.15) is 0 Å². The second kappa shape index (κ2) is 11.3. The van der Waals surface area contributed by atoms with Gasteiger partial charge >= 0.3 is 0 Å². The van der Waals surface area contributed by atoms with E-state index < -0.39 is 0 Å². The van der Waals surface area contributed by atoms with Crippen LogP contribution in [0.4, 0.5) is 5.69 Å². The van der Waals surface area contributed by atoms with Gasteiger partial charge in [-0.05, 0) is 60.7 Å². The highest BCUT2D eigenvalue weighted by atomic mass is 35.5. The van der Waals surface area contributed by atoms with Crippen LogP contribution in [-0.4, -0.2) is 26.9 Å². The van der Waals surface area contributed by atoms with Crippen LogP contribution in [-0.2, 0) is 11.3 Å². The van der Waals surface area contributed by atoms with Gasteiger partial charge in [0, 0.05) is 51.0 Å². The summed E-state index contributed by atoms with van der Waals surface area (Å²) in [5.74, 6) is 0.596. The third kappa shape index (κ3) is 5.45. The van der Waals surface area contributed by atoms with Crippen molar-refractivity contribution in [2.45, 2.75) is 50.7 Å². The summed E-state index contributed by atoms with van der Waals surface area (Å²) in [5.41, 5.74) is 4.01. The minimum absolute atomic E-state index is 0.116. The van der Waals surface area contributed by atoms with Crippen LogP contribution in [0.3, 0.4) is 0 Å². The summed E-state index contributed by atoms with van der Waals surface area (Å²) in [6, 6.07) is 24.3. The number of nitrogens with one attached hydrogen (secondary N) is 1. The second-order valence-electron chi connectivity index (χ2n) is 10.5. The highest BCUT2D eigenvalue weighted by Gasteiger charge is 2.43. The minimum Gasteiger partial charge on any atom is -0.356 e. The molecule has 2 fully saturated rings. The van der Waals surface area contributed by atoms with Crippen LogP contribution in [0.25, 0.3) is 17.0 Å². The van der Waals surface area contributed by atoms with E-state index in [9.17, 15) is 4.79 Å². The third-order valence-electron chi connectivity index (χ3n) is 7.89. The zero-order valence-electron chi connectivity index (χ0n) is 21.8. The number of para-hydroxylation sites is 2. The Labute approximate surface area is 244 Å². The molecule has 1 aromatic heterocycles. The molecule has 1 unspecified atom stereocenters. The van der Waals surface area contributed by atoms with Crippen molar-refractivity contribution in [3.63, 3.8) is 0 Å².